The molecular formula is C11H18N2O3S. The third-order valence-corrected chi connectivity index (χ3v) is 4.31. The Hall–Kier alpha value is -0.980. The van der Waals surface area contributed by atoms with Gasteiger partial charge in [-0.05, 0) is 18.1 Å². The Labute approximate surface area is 102 Å². The Morgan fingerprint density at radius 2 is 2.24 bits per heavy atom. The van der Waals surface area contributed by atoms with Crippen molar-refractivity contribution in [2.45, 2.75) is 19.9 Å². The summed E-state index contributed by atoms with van der Waals surface area (Å²) in [5.41, 5.74) is 0.820. The number of aliphatic hydroxyl groups excluding tert-OH is 1. The summed E-state index contributed by atoms with van der Waals surface area (Å²) in [5.74, 6) is 0.104. The maximum Gasteiger partial charge on any atom is 0.214 e. The molecule has 1 aromatic heterocycles. The predicted molar refractivity (Wildman–Crippen MR) is 65.8 cm³/mol. The monoisotopic (exact) mass is 258 g/mol. The van der Waals surface area contributed by atoms with Crippen LogP contribution in [0.5, 0.6) is 0 Å². The molecule has 0 bridgehead atoms. The molecule has 0 aliphatic carbocycles. The molecule has 0 spiro atoms. The van der Waals surface area contributed by atoms with E-state index in [1.807, 2.05) is 13.0 Å². The Morgan fingerprint density at radius 3 is 2.76 bits per heavy atom. The Balaban J connectivity index is 2.80. The van der Waals surface area contributed by atoms with Crippen LogP contribution in [-0.2, 0) is 16.6 Å². The lowest BCUT2D eigenvalue weighted by atomic mass is 10.3. The summed E-state index contributed by atoms with van der Waals surface area (Å²) in [4.78, 5) is 3.94. The minimum atomic E-state index is -3.29. The van der Waals surface area contributed by atoms with E-state index in [1.54, 1.807) is 18.5 Å². The zero-order valence-corrected chi connectivity index (χ0v) is 10.7. The van der Waals surface area contributed by atoms with E-state index in [4.69, 9.17) is 5.11 Å². The first kappa shape index (κ1) is 14.1. The number of nitrogens with zero attached hydrogens (tertiary/aromatic N) is 2. The minimum Gasteiger partial charge on any atom is -0.395 e. The van der Waals surface area contributed by atoms with Gasteiger partial charge < -0.3 is 5.11 Å². The van der Waals surface area contributed by atoms with Gasteiger partial charge in [-0.3, -0.25) is 4.98 Å². The van der Waals surface area contributed by atoms with Crippen molar-refractivity contribution in [3.8, 4) is 0 Å². The van der Waals surface area contributed by atoms with Crippen LogP contribution in [0.15, 0.2) is 24.5 Å². The molecule has 0 atom stereocenters. The van der Waals surface area contributed by atoms with Gasteiger partial charge in [-0.15, -0.1) is 0 Å². The summed E-state index contributed by atoms with van der Waals surface area (Å²) in [6.07, 6.45) is 3.84. The molecule has 0 aliphatic heterocycles. The molecule has 0 radical (unpaired) electrons. The molecule has 0 fully saturated rings. The first-order valence-electron chi connectivity index (χ1n) is 5.57. The molecule has 0 saturated heterocycles. The van der Waals surface area contributed by atoms with Crippen LogP contribution in [0.2, 0.25) is 0 Å². The highest BCUT2D eigenvalue weighted by Crippen LogP contribution is 2.09. The third kappa shape index (κ3) is 4.41. The largest absolute Gasteiger partial charge is 0.395 e. The molecular weight excluding hydrogens is 240 g/mol. The lowest BCUT2D eigenvalue weighted by molar-refractivity contribution is 0.251. The van der Waals surface area contributed by atoms with Gasteiger partial charge in [0.1, 0.15) is 0 Å². The molecule has 96 valence electrons. The summed E-state index contributed by atoms with van der Waals surface area (Å²) in [7, 11) is -3.29. The second kappa shape index (κ2) is 6.68. The van der Waals surface area contributed by atoms with E-state index in [2.05, 4.69) is 4.98 Å². The smallest absolute Gasteiger partial charge is 0.214 e. The van der Waals surface area contributed by atoms with Gasteiger partial charge in [-0.2, -0.15) is 4.31 Å². The average molecular weight is 258 g/mol. The molecule has 17 heavy (non-hydrogen) atoms. The Kier molecular flexibility index (Phi) is 5.54. The van der Waals surface area contributed by atoms with Crippen LogP contribution >= 0.6 is 0 Å². The third-order valence-electron chi connectivity index (χ3n) is 2.29. The molecule has 1 heterocycles. The second-order valence-corrected chi connectivity index (χ2v) is 5.82. The highest BCUT2D eigenvalue weighted by atomic mass is 32.2. The fraction of sp³-hybridized carbons (Fsp3) is 0.545. The number of pyridine rings is 1. The fourth-order valence-corrected chi connectivity index (χ4v) is 2.99. The van der Waals surface area contributed by atoms with Crippen molar-refractivity contribution in [3.63, 3.8) is 0 Å². The molecule has 0 aromatic carbocycles. The summed E-state index contributed by atoms with van der Waals surface area (Å²) in [6.45, 7) is 2.02. The van der Waals surface area contributed by atoms with Crippen molar-refractivity contribution in [2.24, 2.45) is 0 Å². The highest BCUT2D eigenvalue weighted by Gasteiger charge is 2.20. The van der Waals surface area contributed by atoms with Crippen molar-refractivity contribution >= 4 is 10.0 Å². The van der Waals surface area contributed by atoms with Gasteiger partial charge in [-0.1, -0.05) is 13.0 Å². The number of sulfonamides is 1. The zero-order valence-electron chi connectivity index (χ0n) is 9.91. The van der Waals surface area contributed by atoms with E-state index in [-0.39, 0.29) is 25.4 Å². The van der Waals surface area contributed by atoms with Crippen molar-refractivity contribution in [1.82, 2.24) is 9.29 Å². The van der Waals surface area contributed by atoms with Gasteiger partial charge >= 0.3 is 0 Å². The van der Waals surface area contributed by atoms with Crippen LogP contribution in [0.3, 0.4) is 0 Å². The Morgan fingerprint density at radius 1 is 1.47 bits per heavy atom. The first-order valence-corrected chi connectivity index (χ1v) is 7.18. The van der Waals surface area contributed by atoms with Crippen molar-refractivity contribution < 1.29 is 13.5 Å². The van der Waals surface area contributed by atoms with Crippen molar-refractivity contribution in [1.29, 1.82) is 0 Å². The Bertz CT molecular complexity index is 420. The van der Waals surface area contributed by atoms with E-state index in [0.29, 0.717) is 6.42 Å². The quantitative estimate of drug-likeness (QED) is 0.778. The maximum atomic E-state index is 11.9. The van der Waals surface area contributed by atoms with Crippen molar-refractivity contribution in [2.75, 3.05) is 18.9 Å². The second-order valence-electron chi connectivity index (χ2n) is 3.73. The molecule has 1 aromatic rings. The van der Waals surface area contributed by atoms with E-state index >= 15 is 0 Å². The van der Waals surface area contributed by atoms with Crippen LogP contribution in [-0.4, -0.2) is 41.7 Å². The number of hydrogen-bond donors (Lipinski definition) is 1. The SMILES string of the molecule is CCCS(=O)(=O)N(CCO)Cc1cccnc1. The molecule has 1 rings (SSSR count). The number of hydrogen-bond acceptors (Lipinski definition) is 4. The lowest BCUT2D eigenvalue weighted by Gasteiger charge is -2.20. The van der Waals surface area contributed by atoms with Gasteiger partial charge in [0.15, 0.2) is 0 Å². The standard InChI is InChI=1S/C11H18N2O3S/c1-2-8-17(15,16)13(6-7-14)10-11-4-3-5-12-9-11/h3-5,9,14H,2,6-8,10H2,1H3. The van der Waals surface area contributed by atoms with E-state index < -0.39 is 10.0 Å². The summed E-state index contributed by atoms with van der Waals surface area (Å²) < 4.78 is 25.1. The summed E-state index contributed by atoms with van der Waals surface area (Å²) >= 11 is 0. The molecule has 0 saturated carbocycles. The topological polar surface area (TPSA) is 70.5 Å². The van der Waals surface area contributed by atoms with Gasteiger partial charge in [-0.25, -0.2) is 8.42 Å². The van der Waals surface area contributed by atoms with Crippen LogP contribution in [0.1, 0.15) is 18.9 Å². The van der Waals surface area contributed by atoms with Crippen LogP contribution < -0.4 is 0 Å². The van der Waals surface area contributed by atoms with E-state index in [9.17, 15) is 8.42 Å². The number of aliphatic hydroxyl groups is 1. The predicted octanol–water partition coefficient (Wildman–Crippen LogP) is 0.616. The van der Waals surface area contributed by atoms with Crippen LogP contribution in [0, 0.1) is 0 Å². The van der Waals surface area contributed by atoms with Crippen LogP contribution in [0.4, 0.5) is 0 Å². The average Bonchev–Trinajstić information content (AvgIpc) is 2.30. The zero-order chi connectivity index (χ0) is 12.7. The molecule has 6 heteroatoms. The first-order chi connectivity index (χ1) is 8.10. The lowest BCUT2D eigenvalue weighted by Crippen LogP contribution is -2.34. The summed E-state index contributed by atoms with van der Waals surface area (Å²) in [6, 6.07) is 3.58. The highest BCUT2D eigenvalue weighted by molar-refractivity contribution is 7.89. The summed E-state index contributed by atoms with van der Waals surface area (Å²) in [5, 5.41) is 8.92. The molecule has 0 amide bonds. The van der Waals surface area contributed by atoms with Gasteiger partial charge in [0.25, 0.3) is 0 Å². The molecule has 1 N–H and O–H groups in total. The number of aromatic nitrogens is 1. The van der Waals surface area contributed by atoms with Crippen LogP contribution in [0.25, 0.3) is 0 Å². The molecule has 0 aliphatic rings. The fourth-order valence-electron chi connectivity index (χ4n) is 1.51. The van der Waals surface area contributed by atoms with E-state index in [1.165, 1.54) is 4.31 Å². The maximum absolute atomic E-state index is 11.9. The minimum absolute atomic E-state index is 0.104. The number of rotatable bonds is 7. The van der Waals surface area contributed by atoms with Gasteiger partial charge in [0, 0.05) is 25.5 Å². The molecule has 0 unspecified atom stereocenters. The van der Waals surface area contributed by atoms with Gasteiger partial charge in [0.05, 0.1) is 12.4 Å². The van der Waals surface area contributed by atoms with E-state index in [0.717, 1.165) is 5.56 Å². The molecule has 5 nitrogen and oxygen atoms in total. The normalized spacial score (nSPS) is 11.9. The van der Waals surface area contributed by atoms with Crippen molar-refractivity contribution in [3.05, 3.63) is 30.1 Å². The van der Waals surface area contributed by atoms with Gasteiger partial charge in [0.2, 0.25) is 10.0 Å².